The van der Waals surface area contributed by atoms with E-state index in [2.05, 4.69) is 29.1 Å². The number of nitrogens with one attached hydrogen (secondary N) is 1. The van der Waals surface area contributed by atoms with Crippen molar-refractivity contribution < 1.29 is 5.11 Å². The molecule has 0 aliphatic heterocycles. The average molecular weight is 235 g/mol. The average Bonchev–Trinajstić information content (AvgIpc) is 2.76. The zero-order valence-corrected chi connectivity index (χ0v) is 10.6. The van der Waals surface area contributed by atoms with E-state index in [0.29, 0.717) is 5.92 Å². The summed E-state index contributed by atoms with van der Waals surface area (Å²) in [6.07, 6.45) is 5.85. The fraction of sp³-hybridized carbons (Fsp3) is 0.692. The molecule has 1 aliphatic carbocycles. The molecule has 0 fully saturated rings. The van der Waals surface area contributed by atoms with Crippen LogP contribution in [0.25, 0.3) is 0 Å². The lowest BCUT2D eigenvalue weighted by Gasteiger charge is -2.20. The van der Waals surface area contributed by atoms with Gasteiger partial charge in [0.05, 0.1) is 12.6 Å². The van der Waals surface area contributed by atoms with Crippen molar-refractivity contribution in [1.29, 1.82) is 0 Å². The molecule has 0 saturated heterocycles. The highest BCUT2D eigenvalue weighted by Gasteiger charge is 2.19. The summed E-state index contributed by atoms with van der Waals surface area (Å²) >= 11 is 0. The van der Waals surface area contributed by atoms with Crippen LogP contribution in [0.2, 0.25) is 0 Å². The smallest absolute Gasteiger partial charge is 0.133 e. The molecule has 4 nitrogen and oxygen atoms in total. The molecule has 0 amide bonds. The molecule has 2 rings (SSSR count). The Kier molecular flexibility index (Phi) is 3.94. The molecule has 1 aromatic heterocycles. The lowest BCUT2D eigenvalue weighted by molar-refractivity contribution is 0.259. The monoisotopic (exact) mass is 235 g/mol. The van der Waals surface area contributed by atoms with Crippen molar-refractivity contribution in [2.75, 3.05) is 11.9 Å². The highest BCUT2D eigenvalue weighted by atomic mass is 16.3. The lowest BCUT2D eigenvalue weighted by Crippen LogP contribution is -2.26. The van der Waals surface area contributed by atoms with E-state index in [0.717, 1.165) is 31.5 Å². The minimum atomic E-state index is 0.0922. The number of hydrogen-bond donors (Lipinski definition) is 2. The van der Waals surface area contributed by atoms with E-state index in [1.807, 2.05) is 0 Å². The number of aliphatic hydroxyl groups is 1. The number of anilines is 1. The summed E-state index contributed by atoms with van der Waals surface area (Å²) in [6, 6.07) is 0.0922. The van der Waals surface area contributed by atoms with E-state index in [4.69, 9.17) is 0 Å². The third-order valence-electron chi connectivity index (χ3n) is 3.19. The summed E-state index contributed by atoms with van der Waals surface area (Å²) in [5.41, 5.74) is 2.42. The Morgan fingerprint density at radius 3 is 2.88 bits per heavy atom. The molecule has 1 aromatic rings. The molecule has 4 heteroatoms. The molecule has 0 spiro atoms. The maximum Gasteiger partial charge on any atom is 0.133 e. The first-order valence-electron chi connectivity index (χ1n) is 6.41. The predicted octanol–water partition coefficient (Wildman–Crippen LogP) is 1.78. The molecular weight excluding hydrogens is 214 g/mol. The number of aryl methyl sites for hydroxylation is 1. The molecule has 1 unspecified atom stereocenters. The number of fused-ring (bicyclic) bond motifs is 1. The van der Waals surface area contributed by atoms with Gasteiger partial charge in [-0.3, -0.25) is 0 Å². The van der Waals surface area contributed by atoms with Crippen molar-refractivity contribution in [3.63, 3.8) is 0 Å². The zero-order chi connectivity index (χ0) is 12.3. The highest BCUT2D eigenvalue weighted by Crippen LogP contribution is 2.26. The summed E-state index contributed by atoms with van der Waals surface area (Å²) < 4.78 is 0. The minimum Gasteiger partial charge on any atom is -0.394 e. The van der Waals surface area contributed by atoms with E-state index >= 15 is 0 Å². The fourth-order valence-corrected chi connectivity index (χ4v) is 2.43. The topological polar surface area (TPSA) is 58.0 Å². The molecule has 0 bridgehead atoms. The summed E-state index contributed by atoms with van der Waals surface area (Å²) in [5.74, 6) is 1.49. The molecule has 2 N–H and O–H groups in total. The summed E-state index contributed by atoms with van der Waals surface area (Å²) in [5, 5.41) is 12.7. The van der Waals surface area contributed by atoms with Crippen molar-refractivity contribution >= 4 is 5.82 Å². The maximum atomic E-state index is 9.38. The van der Waals surface area contributed by atoms with Gasteiger partial charge in [-0.25, -0.2) is 9.97 Å². The van der Waals surface area contributed by atoms with Crippen LogP contribution < -0.4 is 5.32 Å². The van der Waals surface area contributed by atoms with Crippen LogP contribution in [-0.4, -0.2) is 27.7 Å². The Morgan fingerprint density at radius 1 is 1.35 bits per heavy atom. The first-order valence-corrected chi connectivity index (χ1v) is 6.41. The third-order valence-corrected chi connectivity index (χ3v) is 3.19. The molecule has 1 heterocycles. The normalized spacial score (nSPS) is 16.0. The van der Waals surface area contributed by atoms with Gasteiger partial charge in [0.25, 0.3) is 0 Å². The van der Waals surface area contributed by atoms with Crippen LogP contribution in [0.3, 0.4) is 0 Å². The third kappa shape index (κ3) is 2.94. The van der Waals surface area contributed by atoms with Gasteiger partial charge in [0.2, 0.25) is 0 Å². The summed E-state index contributed by atoms with van der Waals surface area (Å²) in [7, 11) is 0. The van der Waals surface area contributed by atoms with Gasteiger partial charge in [-0.15, -0.1) is 0 Å². The van der Waals surface area contributed by atoms with Crippen molar-refractivity contribution in [3.8, 4) is 0 Å². The highest BCUT2D eigenvalue weighted by molar-refractivity contribution is 5.48. The van der Waals surface area contributed by atoms with Crippen molar-refractivity contribution in [2.45, 2.75) is 45.6 Å². The SMILES string of the molecule is CC(C)CC(CO)Nc1ncnc2c1CCC2. The second-order valence-electron chi connectivity index (χ2n) is 5.15. The Balaban J connectivity index is 2.10. The van der Waals surface area contributed by atoms with Gasteiger partial charge in [-0.2, -0.15) is 0 Å². The van der Waals surface area contributed by atoms with Crippen LogP contribution in [0.4, 0.5) is 5.82 Å². The van der Waals surface area contributed by atoms with Crippen LogP contribution in [0.5, 0.6) is 0 Å². The minimum absolute atomic E-state index is 0.0922. The molecule has 1 atom stereocenters. The Hall–Kier alpha value is -1.16. The Morgan fingerprint density at radius 2 is 2.18 bits per heavy atom. The number of rotatable bonds is 5. The second kappa shape index (κ2) is 5.45. The Labute approximate surface area is 102 Å². The molecule has 0 saturated carbocycles. The fourth-order valence-electron chi connectivity index (χ4n) is 2.43. The van der Waals surface area contributed by atoms with Crippen LogP contribution in [0.15, 0.2) is 6.33 Å². The van der Waals surface area contributed by atoms with Crippen molar-refractivity contribution in [1.82, 2.24) is 9.97 Å². The van der Waals surface area contributed by atoms with Gasteiger partial charge < -0.3 is 10.4 Å². The van der Waals surface area contributed by atoms with Crippen molar-refractivity contribution in [2.24, 2.45) is 5.92 Å². The number of aromatic nitrogens is 2. The van der Waals surface area contributed by atoms with Crippen LogP contribution in [0.1, 0.15) is 37.9 Å². The van der Waals surface area contributed by atoms with E-state index in [-0.39, 0.29) is 12.6 Å². The van der Waals surface area contributed by atoms with Crippen LogP contribution in [0, 0.1) is 5.92 Å². The number of nitrogens with zero attached hydrogens (tertiary/aromatic N) is 2. The van der Waals surface area contributed by atoms with Gasteiger partial charge in [0.1, 0.15) is 12.1 Å². The molecular formula is C13H21N3O. The van der Waals surface area contributed by atoms with E-state index in [1.54, 1.807) is 6.33 Å². The summed E-state index contributed by atoms with van der Waals surface area (Å²) in [6.45, 7) is 4.47. The predicted molar refractivity (Wildman–Crippen MR) is 68.0 cm³/mol. The van der Waals surface area contributed by atoms with Crippen molar-refractivity contribution in [3.05, 3.63) is 17.6 Å². The summed E-state index contributed by atoms with van der Waals surface area (Å²) in [4.78, 5) is 8.61. The first-order chi connectivity index (χ1) is 8.20. The quantitative estimate of drug-likeness (QED) is 0.817. The standard InChI is InChI=1S/C13H21N3O/c1-9(2)6-10(7-17)16-13-11-4-3-5-12(11)14-8-15-13/h8-10,17H,3-7H2,1-2H3,(H,14,15,16). The molecule has 1 aliphatic rings. The maximum absolute atomic E-state index is 9.38. The van der Waals surface area contributed by atoms with E-state index in [1.165, 1.54) is 11.3 Å². The lowest BCUT2D eigenvalue weighted by atomic mass is 10.0. The van der Waals surface area contributed by atoms with E-state index < -0.39 is 0 Å². The molecule has 0 aromatic carbocycles. The molecule has 94 valence electrons. The molecule has 17 heavy (non-hydrogen) atoms. The Bertz CT molecular complexity index is 379. The number of hydrogen-bond acceptors (Lipinski definition) is 4. The molecule has 0 radical (unpaired) electrons. The van der Waals surface area contributed by atoms with Gasteiger partial charge in [0, 0.05) is 11.3 Å². The van der Waals surface area contributed by atoms with E-state index in [9.17, 15) is 5.11 Å². The van der Waals surface area contributed by atoms with Gasteiger partial charge in [-0.1, -0.05) is 13.8 Å². The number of aliphatic hydroxyl groups excluding tert-OH is 1. The van der Waals surface area contributed by atoms with Gasteiger partial charge in [0.15, 0.2) is 0 Å². The second-order valence-corrected chi connectivity index (χ2v) is 5.15. The van der Waals surface area contributed by atoms with Gasteiger partial charge >= 0.3 is 0 Å². The van der Waals surface area contributed by atoms with Crippen LogP contribution >= 0.6 is 0 Å². The zero-order valence-electron chi connectivity index (χ0n) is 10.6. The first kappa shape index (κ1) is 12.3. The van der Waals surface area contributed by atoms with Gasteiger partial charge in [-0.05, 0) is 31.6 Å². The van der Waals surface area contributed by atoms with Crippen LogP contribution in [-0.2, 0) is 12.8 Å². The largest absolute Gasteiger partial charge is 0.394 e.